The quantitative estimate of drug-likeness (QED) is 0.0397. The van der Waals surface area contributed by atoms with Crippen LogP contribution in [0.25, 0.3) is 0 Å². The topological polar surface area (TPSA) is 217 Å². The fraction of sp³-hybridized carbons (Fsp3) is 0.333. The number of benzene rings is 4. The van der Waals surface area contributed by atoms with Gasteiger partial charge in [-0.3, -0.25) is 9.59 Å². The molecule has 0 unspecified atom stereocenters. The fourth-order valence-corrected chi connectivity index (χ4v) is 5.45. The number of esters is 1. The van der Waals surface area contributed by atoms with Crippen molar-refractivity contribution in [2.75, 3.05) is 75.6 Å². The van der Waals surface area contributed by atoms with Gasteiger partial charge >= 0.3 is 63.3 Å². The zero-order chi connectivity index (χ0) is 40.3. The summed E-state index contributed by atoms with van der Waals surface area (Å²) in [6.45, 7) is 13.4. The molecule has 0 aliphatic carbocycles. The second-order valence-electron chi connectivity index (χ2n) is 11.9. The minimum Gasteiger partial charge on any atom is -0.870 e. The largest absolute Gasteiger partial charge is 1.00 e. The number of aliphatic hydroxyl groups is 1. The molecule has 1 fully saturated rings. The van der Waals surface area contributed by atoms with Crippen LogP contribution in [0.2, 0.25) is 0 Å². The average molecular weight is 815 g/mol. The van der Waals surface area contributed by atoms with E-state index in [9.17, 15) is 34.5 Å². The van der Waals surface area contributed by atoms with Gasteiger partial charge in [-0.25, -0.2) is 9.59 Å². The molecule has 1 aliphatic rings. The smallest absolute Gasteiger partial charge is 0.870 e. The molecule has 0 amide bonds. The molecule has 1 aliphatic heterocycles. The van der Waals surface area contributed by atoms with E-state index in [1.54, 1.807) is 48.5 Å². The standard InChI is InChI=1S/C22H27NO6.C18H19NO4.C2H4O.K.H2O/c1-3-23(4-2)16-9-10-19(20(25)15-16)21(26)17-7-5-6-8-18(17)22(27)29-14-13-28-12-11-24;1-3-19(4-2)12-9-10-15(16(20)11-12)17(21)13-7-5-6-8-14(13)18(22)23;1-2-3-1;;/h5-10,15,24-25H,3-4,11-14H2,1-2H3;5-11,20H,3-4H2,1-2H3,(H,22,23);1-2H2;;1H2/q;;;+1;/p-1. The molecule has 1 heterocycles. The van der Waals surface area contributed by atoms with Crippen LogP contribution in [0.3, 0.4) is 0 Å². The van der Waals surface area contributed by atoms with Gasteiger partial charge in [0.05, 0.1) is 55.3 Å². The number of carboxylic acid groups (broad SMARTS) is 1. The van der Waals surface area contributed by atoms with Gasteiger partial charge in [0.15, 0.2) is 11.6 Å². The number of nitrogens with zero attached hydrogens (tertiary/aromatic N) is 2. The summed E-state index contributed by atoms with van der Waals surface area (Å²) in [4.78, 5) is 53.3. The maximum Gasteiger partial charge on any atom is 1.00 e. The molecule has 0 radical (unpaired) electrons. The van der Waals surface area contributed by atoms with Crippen LogP contribution in [-0.4, -0.2) is 115 Å². The third-order valence-electron chi connectivity index (χ3n) is 8.40. The number of hydrogen-bond donors (Lipinski definition) is 4. The second-order valence-corrected chi connectivity index (χ2v) is 11.9. The number of hydrogen-bond acceptors (Lipinski definition) is 13. The Bertz CT molecular complexity index is 1890. The Morgan fingerprint density at radius 1 is 0.614 bits per heavy atom. The first-order chi connectivity index (χ1) is 26.5. The van der Waals surface area contributed by atoms with Crippen LogP contribution in [0.15, 0.2) is 84.9 Å². The number of rotatable bonds is 17. The molecule has 4 aromatic rings. The van der Waals surface area contributed by atoms with E-state index in [1.807, 2.05) is 32.6 Å². The van der Waals surface area contributed by atoms with Gasteiger partial charge in [-0.05, 0) is 64.1 Å². The van der Waals surface area contributed by atoms with E-state index in [2.05, 4.69) is 9.64 Å². The van der Waals surface area contributed by atoms with E-state index >= 15 is 0 Å². The summed E-state index contributed by atoms with van der Waals surface area (Å²) in [7, 11) is 0. The summed E-state index contributed by atoms with van der Waals surface area (Å²) in [5, 5.41) is 38.5. The van der Waals surface area contributed by atoms with Gasteiger partial charge in [0.1, 0.15) is 18.1 Å². The van der Waals surface area contributed by atoms with Crippen molar-refractivity contribution in [2.24, 2.45) is 0 Å². The minimum atomic E-state index is -1.17. The number of aromatic carboxylic acids is 1. The number of ether oxygens (including phenoxy) is 3. The van der Waals surface area contributed by atoms with Crippen molar-refractivity contribution in [1.29, 1.82) is 0 Å². The molecule has 0 spiro atoms. The molecule has 0 aromatic heterocycles. The minimum absolute atomic E-state index is 0. The van der Waals surface area contributed by atoms with Crippen LogP contribution in [0.1, 0.15) is 80.3 Å². The predicted molar refractivity (Wildman–Crippen MR) is 211 cm³/mol. The molecular formula is C42H51KN2O12. The van der Waals surface area contributed by atoms with E-state index < -0.39 is 23.5 Å². The maximum absolute atomic E-state index is 13.0. The van der Waals surface area contributed by atoms with Crippen molar-refractivity contribution < 1.29 is 111 Å². The van der Waals surface area contributed by atoms with Gasteiger partial charge in [0, 0.05) is 60.8 Å². The summed E-state index contributed by atoms with van der Waals surface area (Å²) in [6, 6.07) is 22.0. The van der Waals surface area contributed by atoms with Crippen molar-refractivity contribution in [3.63, 3.8) is 0 Å². The first-order valence-corrected chi connectivity index (χ1v) is 18.1. The molecule has 1 saturated heterocycles. The maximum atomic E-state index is 13.0. The van der Waals surface area contributed by atoms with Crippen molar-refractivity contribution in [1.82, 2.24) is 0 Å². The number of aromatic hydroxyl groups is 2. The van der Waals surface area contributed by atoms with Crippen LogP contribution in [0.5, 0.6) is 11.5 Å². The van der Waals surface area contributed by atoms with Crippen LogP contribution in [0, 0.1) is 0 Å². The molecule has 4 aromatic carbocycles. The third kappa shape index (κ3) is 15.3. The average Bonchev–Trinajstić information content (AvgIpc) is 4.09. The summed E-state index contributed by atoms with van der Waals surface area (Å²) in [6.07, 6.45) is 0. The number of carbonyl (C=O) groups is 4. The number of phenolic OH excluding ortho intramolecular Hbond substituents is 2. The third-order valence-corrected chi connectivity index (χ3v) is 8.40. The monoisotopic (exact) mass is 814 g/mol. The van der Waals surface area contributed by atoms with Crippen molar-refractivity contribution in [3.05, 3.63) is 118 Å². The van der Waals surface area contributed by atoms with E-state index in [0.29, 0.717) is 0 Å². The molecular weight excluding hydrogens is 764 g/mol. The second kappa shape index (κ2) is 26.7. The van der Waals surface area contributed by atoms with E-state index in [4.69, 9.17) is 14.6 Å². The van der Waals surface area contributed by atoms with Gasteiger partial charge in [-0.2, -0.15) is 0 Å². The van der Waals surface area contributed by atoms with Crippen LogP contribution >= 0.6 is 0 Å². The number of anilines is 2. The van der Waals surface area contributed by atoms with Gasteiger partial charge < -0.3 is 49.9 Å². The number of ketones is 2. The van der Waals surface area contributed by atoms with Gasteiger partial charge in [-0.15, -0.1) is 0 Å². The first-order valence-electron chi connectivity index (χ1n) is 18.1. The zero-order valence-corrected chi connectivity index (χ0v) is 36.3. The molecule has 15 heteroatoms. The Morgan fingerprint density at radius 3 is 1.39 bits per heavy atom. The Balaban J connectivity index is 0.000000522. The Morgan fingerprint density at radius 2 is 1.02 bits per heavy atom. The Hall–Kier alpha value is -4.16. The van der Waals surface area contributed by atoms with E-state index in [-0.39, 0.29) is 128 Å². The number of carbonyl (C=O) groups excluding carboxylic acids is 3. The van der Waals surface area contributed by atoms with Gasteiger partial charge in [0.2, 0.25) is 0 Å². The van der Waals surface area contributed by atoms with Crippen LogP contribution < -0.4 is 61.2 Å². The Labute approximate surface area is 375 Å². The van der Waals surface area contributed by atoms with Crippen LogP contribution in [-0.2, 0) is 14.2 Å². The first kappa shape index (κ1) is 50.9. The van der Waals surface area contributed by atoms with Crippen molar-refractivity contribution in [2.45, 2.75) is 27.7 Å². The summed E-state index contributed by atoms with van der Waals surface area (Å²) in [5.74, 6) is -3.09. The molecule has 0 bridgehead atoms. The number of aliphatic hydroxyl groups excluding tert-OH is 1. The summed E-state index contributed by atoms with van der Waals surface area (Å²) < 4.78 is 14.7. The summed E-state index contributed by atoms with van der Waals surface area (Å²) in [5.41, 5.74) is 2.10. The van der Waals surface area contributed by atoms with Crippen molar-refractivity contribution in [3.8, 4) is 11.5 Å². The molecule has 302 valence electrons. The SMILES string of the molecule is C1CO1.CCN(CC)c1ccc(C(=O)c2ccccc2C(=O)O)c(O)c1.CCN(CC)c1ccc(C(=O)c2ccccc2C(=O)OCCOCCO)c(O)c1.[K+].[OH-]. The van der Waals surface area contributed by atoms with E-state index in [0.717, 1.165) is 50.8 Å². The van der Waals surface area contributed by atoms with Gasteiger partial charge in [0.25, 0.3) is 0 Å². The molecule has 5 rings (SSSR count). The number of phenols is 2. The van der Waals surface area contributed by atoms with Gasteiger partial charge in [-0.1, -0.05) is 36.4 Å². The molecule has 0 saturated carbocycles. The fourth-order valence-electron chi connectivity index (χ4n) is 5.45. The molecule has 0 atom stereocenters. The normalized spacial score (nSPS) is 10.8. The predicted octanol–water partition coefficient (Wildman–Crippen LogP) is 2.65. The van der Waals surface area contributed by atoms with Crippen LogP contribution in [0.4, 0.5) is 11.4 Å². The zero-order valence-electron chi connectivity index (χ0n) is 33.1. The molecule has 57 heavy (non-hydrogen) atoms. The number of epoxide rings is 1. The number of carboxylic acids is 1. The van der Waals surface area contributed by atoms with E-state index in [1.165, 1.54) is 36.4 Å². The summed E-state index contributed by atoms with van der Waals surface area (Å²) >= 11 is 0. The molecule has 5 N–H and O–H groups in total. The Kier molecular flexibility index (Phi) is 23.8. The molecule has 14 nitrogen and oxygen atoms in total. The van der Waals surface area contributed by atoms with Crippen molar-refractivity contribution >= 4 is 34.9 Å².